The lowest BCUT2D eigenvalue weighted by Gasteiger charge is -2.30. The Morgan fingerprint density at radius 3 is 2.31 bits per heavy atom. The Morgan fingerprint density at radius 2 is 1.76 bits per heavy atom. The molecule has 29 heavy (non-hydrogen) atoms. The van der Waals surface area contributed by atoms with E-state index < -0.39 is 12.2 Å². The van der Waals surface area contributed by atoms with Gasteiger partial charge in [0.1, 0.15) is 11.9 Å². The highest BCUT2D eigenvalue weighted by Gasteiger charge is 2.35. The first-order valence-corrected chi connectivity index (χ1v) is 9.50. The molecule has 2 aromatic rings. The fraction of sp³-hybridized carbons (Fsp3) is 0.292. The van der Waals surface area contributed by atoms with Crippen LogP contribution in [-0.2, 0) is 6.42 Å². The number of carbonyl (C=O) groups is 3. The van der Waals surface area contributed by atoms with Crippen molar-refractivity contribution < 1.29 is 24.2 Å². The van der Waals surface area contributed by atoms with Gasteiger partial charge in [-0.15, -0.1) is 0 Å². The summed E-state index contributed by atoms with van der Waals surface area (Å²) >= 11 is 0. The standard InChI is InChI=1S/C24H24O5/c1-13(2)20(27)11-19-17(14(3)25)10-18(15(4)26)23-21(28)12-22(29-24(19)23)16-8-6-5-7-9-16/h5-10,20,22,27H,1,11-12H2,2-4H3/t20-,22-/m0/s1. The van der Waals surface area contributed by atoms with Crippen LogP contribution in [0.25, 0.3) is 0 Å². The van der Waals surface area contributed by atoms with Crippen molar-refractivity contribution in [1.82, 2.24) is 0 Å². The number of hydrogen-bond acceptors (Lipinski definition) is 5. The van der Waals surface area contributed by atoms with E-state index in [0.717, 1.165) is 5.56 Å². The molecule has 0 saturated heterocycles. The highest BCUT2D eigenvalue weighted by atomic mass is 16.5. The maximum absolute atomic E-state index is 13.1. The van der Waals surface area contributed by atoms with Crippen LogP contribution in [0, 0.1) is 0 Å². The summed E-state index contributed by atoms with van der Waals surface area (Å²) in [6, 6.07) is 10.8. The Hall–Kier alpha value is -3.05. The summed E-state index contributed by atoms with van der Waals surface area (Å²) in [6.45, 7) is 8.20. The molecule has 1 aliphatic heterocycles. The number of ether oxygens (including phenoxy) is 1. The molecule has 5 nitrogen and oxygen atoms in total. The molecular formula is C24H24O5. The monoisotopic (exact) mass is 392 g/mol. The predicted octanol–water partition coefficient (Wildman–Crippen LogP) is 4.28. The van der Waals surface area contributed by atoms with Crippen molar-refractivity contribution in [3.05, 3.63) is 76.4 Å². The molecule has 0 bridgehead atoms. The van der Waals surface area contributed by atoms with Crippen molar-refractivity contribution in [2.45, 2.75) is 45.8 Å². The molecule has 1 aliphatic rings. The van der Waals surface area contributed by atoms with Crippen LogP contribution in [0.15, 0.2) is 48.6 Å². The number of carbonyl (C=O) groups excluding carboxylic acids is 3. The van der Waals surface area contributed by atoms with E-state index in [4.69, 9.17) is 4.74 Å². The van der Waals surface area contributed by atoms with Crippen LogP contribution in [0.5, 0.6) is 5.75 Å². The second kappa shape index (κ2) is 8.13. The maximum atomic E-state index is 13.1. The largest absolute Gasteiger partial charge is 0.484 e. The summed E-state index contributed by atoms with van der Waals surface area (Å²) in [5.74, 6) is -0.581. The first-order chi connectivity index (χ1) is 13.7. The van der Waals surface area contributed by atoms with Gasteiger partial charge in [0.15, 0.2) is 17.3 Å². The van der Waals surface area contributed by atoms with Gasteiger partial charge in [-0.2, -0.15) is 0 Å². The number of aliphatic hydroxyl groups excluding tert-OH is 1. The van der Waals surface area contributed by atoms with Crippen molar-refractivity contribution in [2.24, 2.45) is 0 Å². The lowest BCUT2D eigenvalue weighted by molar-refractivity contribution is 0.0832. The Labute approximate surface area is 170 Å². The summed E-state index contributed by atoms with van der Waals surface area (Å²) < 4.78 is 6.22. The number of Topliss-reactive ketones (excluding diaryl/α,β-unsaturated/α-hetero) is 3. The van der Waals surface area contributed by atoms with Crippen molar-refractivity contribution in [1.29, 1.82) is 0 Å². The number of fused-ring (bicyclic) bond motifs is 1. The van der Waals surface area contributed by atoms with Crippen LogP contribution < -0.4 is 4.74 Å². The van der Waals surface area contributed by atoms with Gasteiger partial charge in [-0.3, -0.25) is 14.4 Å². The van der Waals surface area contributed by atoms with Gasteiger partial charge in [-0.05, 0) is 32.4 Å². The molecule has 0 saturated carbocycles. The molecule has 1 heterocycles. The normalized spacial score (nSPS) is 16.6. The summed E-state index contributed by atoms with van der Waals surface area (Å²) in [4.78, 5) is 37.7. The minimum Gasteiger partial charge on any atom is -0.484 e. The average Bonchev–Trinajstić information content (AvgIpc) is 2.68. The van der Waals surface area contributed by atoms with Gasteiger partial charge in [-0.1, -0.05) is 42.5 Å². The van der Waals surface area contributed by atoms with Crippen molar-refractivity contribution in [2.75, 3.05) is 0 Å². The topological polar surface area (TPSA) is 80.7 Å². The molecule has 5 heteroatoms. The van der Waals surface area contributed by atoms with E-state index >= 15 is 0 Å². The van der Waals surface area contributed by atoms with Gasteiger partial charge in [0, 0.05) is 23.1 Å². The Kier molecular flexibility index (Phi) is 5.80. The van der Waals surface area contributed by atoms with Gasteiger partial charge in [-0.25, -0.2) is 0 Å². The van der Waals surface area contributed by atoms with Gasteiger partial charge < -0.3 is 9.84 Å². The zero-order valence-electron chi connectivity index (χ0n) is 16.8. The third-order valence-corrected chi connectivity index (χ3v) is 5.19. The van der Waals surface area contributed by atoms with Gasteiger partial charge in [0.2, 0.25) is 0 Å². The molecule has 2 aromatic carbocycles. The zero-order valence-corrected chi connectivity index (χ0v) is 16.8. The Bertz CT molecular complexity index is 1000. The first-order valence-electron chi connectivity index (χ1n) is 9.50. The van der Waals surface area contributed by atoms with E-state index in [1.165, 1.54) is 19.9 Å². The molecule has 0 spiro atoms. The number of benzene rings is 2. The minimum atomic E-state index is -0.906. The van der Waals surface area contributed by atoms with Gasteiger partial charge >= 0.3 is 0 Å². The third kappa shape index (κ3) is 4.05. The SMILES string of the molecule is C=C(C)[C@@H](O)Cc1c(C(C)=O)cc(C(C)=O)c2c1O[C@H](c1ccccc1)CC2=O. The molecule has 150 valence electrons. The second-order valence-electron chi connectivity index (χ2n) is 7.48. The van der Waals surface area contributed by atoms with Crippen molar-refractivity contribution >= 4 is 17.3 Å². The fourth-order valence-corrected chi connectivity index (χ4v) is 3.58. The van der Waals surface area contributed by atoms with E-state index in [0.29, 0.717) is 11.1 Å². The van der Waals surface area contributed by atoms with Crippen LogP contribution in [0.3, 0.4) is 0 Å². The molecule has 0 aromatic heterocycles. The van der Waals surface area contributed by atoms with E-state index in [2.05, 4.69) is 6.58 Å². The van der Waals surface area contributed by atoms with Crippen LogP contribution >= 0.6 is 0 Å². The van der Waals surface area contributed by atoms with E-state index in [9.17, 15) is 19.5 Å². The van der Waals surface area contributed by atoms with Crippen LogP contribution in [-0.4, -0.2) is 28.6 Å². The zero-order chi connectivity index (χ0) is 21.3. The summed E-state index contributed by atoms with van der Waals surface area (Å²) in [5, 5.41) is 10.4. The van der Waals surface area contributed by atoms with Crippen molar-refractivity contribution in [3.8, 4) is 5.75 Å². The summed E-state index contributed by atoms with van der Waals surface area (Å²) in [5.41, 5.74) is 2.44. The molecule has 2 atom stereocenters. The first kappa shape index (κ1) is 20.7. The molecule has 0 radical (unpaired) electrons. The van der Waals surface area contributed by atoms with Gasteiger partial charge in [0.05, 0.1) is 18.1 Å². The molecule has 0 unspecified atom stereocenters. The highest BCUT2D eigenvalue weighted by molar-refractivity contribution is 6.13. The fourth-order valence-electron chi connectivity index (χ4n) is 3.58. The number of ketones is 3. The highest BCUT2D eigenvalue weighted by Crippen LogP contribution is 2.41. The van der Waals surface area contributed by atoms with E-state index in [-0.39, 0.29) is 52.6 Å². The van der Waals surface area contributed by atoms with Crippen LogP contribution in [0.1, 0.15) is 75.5 Å². The molecule has 0 amide bonds. The number of hydrogen-bond donors (Lipinski definition) is 1. The lowest BCUT2D eigenvalue weighted by Crippen LogP contribution is -2.26. The van der Waals surface area contributed by atoms with Crippen molar-refractivity contribution in [3.63, 3.8) is 0 Å². The van der Waals surface area contributed by atoms with Gasteiger partial charge in [0.25, 0.3) is 0 Å². The number of rotatable bonds is 6. The summed E-state index contributed by atoms with van der Waals surface area (Å²) in [7, 11) is 0. The quantitative estimate of drug-likeness (QED) is 0.586. The molecular weight excluding hydrogens is 368 g/mol. The Balaban J connectivity index is 2.24. The predicted molar refractivity (Wildman–Crippen MR) is 110 cm³/mol. The van der Waals surface area contributed by atoms with Crippen LogP contribution in [0.4, 0.5) is 0 Å². The number of aliphatic hydroxyl groups is 1. The summed E-state index contributed by atoms with van der Waals surface area (Å²) in [6.07, 6.45) is -1.27. The second-order valence-corrected chi connectivity index (χ2v) is 7.48. The van der Waals surface area contributed by atoms with E-state index in [1.54, 1.807) is 6.92 Å². The minimum absolute atomic E-state index is 0.0690. The molecule has 3 rings (SSSR count). The third-order valence-electron chi connectivity index (χ3n) is 5.19. The lowest BCUT2D eigenvalue weighted by atomic mass is 9.85. The smallest absolute Gasteiger partial charge is 0.171 e. The van der Waals surface area contributed by atoms with E-state index in [1.807, 2.05) is 30.3 Å². The Morgan fingerprint density at radius 1 is 1.14 bits per heavy atom. The molecule has 0 fully saturated rings. The molecule has 0 aliphatic carbocycles. The maximum Gasteiger partial charge on any atom is 0.171 e. The molecule has 1 N–H and O–H groups in total. The van der Waals surface area contributed by atoms with Crippen LogP contribution in [0.2, 0.25) is 0 Å². The average molecular weight is 392 g/mol.